The molecule has 1 rings (SSSR count). The second-order valence-electron chi connectivity index (χ2n) is 3.93. The Morgan fingerprint density at radius 2 is 2.00 bits per heavy atom. The fourth-order valence-corrected chi connectivity index (χ4v) is 5.06. The molecule has 1 aromatic carbocycles. The Kier molecular flexibility index (Phi) is 6.91. The lowest BCUT2D eigenvalue weighted by atomic mass is 10.2. The van der Waals surface area contributed by atoms with Gasteiger partial charge in [-0.15, -0.1) is 0 Å². The van der Waals surface area contributed by atoms with Crippen molar-refractivity contribution in [3.05, 3.63) is 28.8 Å². The highest BCUT2D eigenvalue weighted by Crippen LogP contribution is 2.61. The monoisotopic (exact) mass is 362 g/mol. The lowest BCUT2D eigenvalue weighted by Gasteiger charge is -2.18. The molecule has 0 saturated heterocycles. The van der Waals surface area contributed by atoms with E-state index in [9.17, 15) is 17.7 Å². The van der Waals surface area contributed by atoms with E-state index in [4.69, 9.17) is 20.6 Å². The maximum absolute atomic E-state index is 12.5. The maximum Gasteiger partial charge on any atom is 0.440 e. The van der Waals surface area contributed by atoms with E-state index in [0.29, 0.717) is 5.75 Å². The van der Waals surface area contributed by atoms with Gasteiger partial charge in [-0.25, -0.2) is 4.57 Å². The van der Waals surface area contributed by atoms with Gasteiger partial charge in [0.05, 0.1) is 17.2 Å². The Labute approximate surface area is 130 Å². The molecule has 0 amide bonds. The Balaban J connectivity index is 2.97. The van der Waals surface area contributed by atoms with Gasteiger partial charge in [-0.2, -0.15) is 13.2 Å². The summed E-state index contributed by atoms with van der Waals surface area (Å²) >= 11 is 6.76. The lowest BCUT2D eigenvalue weighted by Crippen LogP contribution is -2.05. The zero-order chi connectivity index (χ0) is 16.1. The van der Waals surface area contributed by atoms with E-state index in [1.165, 1.54) is 0 Å². The summed E-state index contributed by atoms with van der Waals surface area (Å²) in [6.45, 7) is 0.216. The molecule has 1 aromatic rings. The predicted octanol–water partition coefficient (Wildman–Crippen LogP) is 6.03. The molecule has 9 heteroatoms. The number of rotatable bonds is 7. The number of alkyl halides is 3. The Morgan fingerprint density at radius 3 is 2.48 bits per heavy atom. The second-order valence-corrected chi connectivity index (χ2v) is 8.46. The first-order chi connectivity index (χ1) is 9.72. The van der Waals surface area contributed by atoms with Crippen LogP contribution < -0.4 is 4.52 Å². The molecule has 1 atom stereocenters. The summed E-state index contributed by atoms with van der Waals surface area (Å²) in [4.78, 5) is 0. The minimum absolute atomic E-state index is 0.0925. The summed E-state index contributed by atoms with van der Waals surface area (Å²) < 4.78 is 60.4. The van der Waals surface area contributed by atoms with Crippen molar-refractivity contribution in [1.29, 1.82) is 0 Å². The second kappa shape index (κ2) is 7.77. The molecular formula is C12H15ClF3O3PS. The van der Waals surface area contributed by atoms with Crippen LogP contribution in [0.15, 0.2) is 18.2 Å². The van der Waals surface area contributed by atoms with Crippen molar-refractivity contribution in [3.63, 3.8) is 0 Å². The number of benzene rings is 1. The standard InChI is InChI=1S/C12H15ClF3O3PS/c1-3-7-21-20(17,18-4-2)19-11-6-5-9(8-10(11)13)12(14,15)16/h5-6,8H,3-4,7H2,1-2H3. The van der Waals surface area contributed by atoms with Gasteiger partial charge < -0.3 is 4.52 Å². The maximum atomic E-state index is 12.5. The third-order valence-electron chi connectivity index (χ3n) is 2.21. The largest absolute Gasteiger partial charge is 0.440 e. The van der Waals surface area contributed by atoms with E-state index in [-0.39, 0.29) is 17.4 Å². The molecule has 0 aliphatic heterocycles. The summed E-state index contributed by atoms with van der Waals surface area (Å²) in [6.07, 6.45) is -3.74. The van der Waals surface area contributed by atoms with Gasteiger partial charge in [0, 0.05) is 5.75 Å². The van der Waals surface area contributed by atoms with Crippen molar-refractivity contribution < 1.29 is 26.8 Å². The SMILES string of the molecule is CCCSP(=O)(OCC)Oc1ccc(C(F)(F)F)cc1Cl. The van der Waals surface area contributed by atoms with Crippen LogP contribution in [-0.4, -0.2) is 12.4 Å². The Hall–Kier alpha value is -0.360. The van der Waals surface area contributed by atoms with Crippen LogP contribution in [0.3, 0.4) is 0 Å². The fraction of sp³-hybridized carbons (Fsp3) is 0.500. The summed E-state index contributed by atoms with van der Waals surface area (Å²) in [6, 6.07) is 2.60. The molecule has 1 unspecified atom stereocenters. The van der Waals surface area contributed by atoms with Crippen molar-refractivity contribution in [3.8, 4) is 5.75 Å². The van der Waals surface area contributed by atoms with E-state index in [1.807, 2.05) is 6.92 Å². The quantitative estimate of drug-likeness (QED) is 0.555. The number of hydrogen-bond acceptors (Lipinski definition) is 4. The molecule has 0 aromatic heterocycles. The van der Waals surface area contributed by atoms with Crippen LogP contribution in [0.2, 0.25) is 5.02 Å². The zero-order valence-corrected chi connectivity index (χ0v) is 13.9. The van der Waals surface area contributed by atoms with Gasteiger partial charge in [0.25, 0.3) is 0 Å². The average molecular weight is 363 g/mol. The van der Waals surface area contributed by atoms with Crippen LogP contribution in [0.25, 0.3) is 0 Å². The predicted molar refractivity (Wildman–Crippen MR) is 79.1 cm³/mol. The van der Waals surface area contributed by atoms with Gasteiger partial charge in [0.15, 0.2) is 0 Å². The van der Waals surface area contributed by atoms with Gasteiger partial charge >= 0.3 is 13.0 Å². The first-order valence-electron chi connectivity index (χ1n) is 6.17. The Morgan fingerprint density at radius 1 is 1.33 bits per heavy atom. The lowest BCUT2D eigenvalue weighted by molar-refractivity contribution is -0.137. The van der Waals surface area contributed by atoms with Crippen LogP contribution in [0, 0.1) is 0 Å². The molecule has 0 aliphatic carbocycles. The minimum Gasteiger partial charge on any atom is -0.415 e. The summed E-state index contributed by atoms with van der Waals surface area (Å²) in [5.74, 6) is 0.445. The van der Waals surface area contributed by atoms with Gasteiger partial charge in [-0.05, 0) is 42.9 Å². The molecule has 0 N–H and O–H groups in total. The van der Waals surface area contributed by atoms with E-state index in [1.54, 1.807) is 6.92 Å². The molecule has 0 aliphatic rings. The Bertz CT molecular complexity index is 525. The van der Waals surface area contributed by atoms with Crippen LogP contribution in [-0.2, 0) is 15.3 Å². The highest BCUT2D eigenvalue weighted by Gasteiger charge is 2.32. The van der Waals surface area contributed by atoms with E-state index in [2.05, 4.69) is 0 Å². The highest BCUT2D eigenvalue weighted by atomic mass is 35.5. The van der Waals surface area contributed by atoms with Gasteiger partial charge in [0.1, 0.15) is 5.75 Å². The van der Waals surface area contributed by atoms with Crippen LogP contribution in [0.1, 0.15) is 25.8 Å². The molecule has 21 heavy (non-hydrogen) atoms. The van der Waals surface area contributed by atoms with Crippen LogP contribution >= 0.6 is 29.8 Å². The third-order valence-corrected chi connectivity index (χ3v) is 6.44. The molecular weight excluding hydrogens is 348 g/mol. The third kappa shape index (κ3) is 5.74. The van der Waals surface area contributed by atoms with Crippen molar-refractivity contribution in [2.45, 2.75) is 26.4 Å². The van der Waals surface area contributed by atoms with E-state index >= 15 is 0 Å². The van der Waals surface area contributed by atoms with Crippen molar-refractivity contribution in [2.75, 3.05) is 12.4 Å². The summed E-state index contributed by atoms with van der Waals surface area (Å²) in [5, 5.41) is -0.262. The molecule has 0 spiro atoms. The van der Waals surface area contributed by atoms with Gasteiger partial charge in [-0.1, -0.05) is 18.5 Å². The average Bonchev–Trinajstić information content (AvgIpc) is 2.38. The molecule has 0 radical (unpaired) electrons. The first kappa shape index (κ1) is 18.7. The van der Waals surface area contributed by atoms with Crippen molar-refractivity contribution in [2.24, 2.45) is 0 Å². The van der Waals surface area contributed by atoms with E-state index in [0.717, 1.165) is 36.0 Å². The molecule has 120 valence electrons. The highest BCUT2D eigenvalue weighted by molar-refractivity contribution is 8.55. The zero-order valence-electron chi connectivity index (χ0n) is 11.4. The smallest absolute Gasteiger partial charge is 0.415 e. The molecule has 0 fully saturated rings. The van der Waals surface area contributed by atoms with Crippen LogP contribution in [0.5, 0.6) is 5.75 Å². The molecule has 3 nitrogen and oxygen atoms in total. The topological polar surface area (TPSA) is 35.5 Å². The first-order valence-corrected chi connectivity index (χ1v) is 9.68. The summed E-state index contributed by atoms with van der Waals surface area (Å²) in [7, 11) is 0. The van der Waals surface area contributed by atoms with Gasteiger partial charge in [-0.3, -0.25) is 4.52 Å². The van der Waals surface area contributed by atoms with Gasteiger partial charge in [0.2, 0.25) is 0 Å². The number of hydrogen-bond donors (Lipinski definition) is 0. The van der Waals surface area contributed by atoms with Crippen LogP contribution in [0.4, 0.5) is 13.2 Å². The van der Waals surface area contributed by atoms with Crippen molar-refractivity contribution in [1.82, 2.24) is 0 Å². The fourth-order valence-electron chi connectivity index (χ4n) is 1.32. The van der Waals surface area contributed by atoms with E-state index < -0.39 is 18.5 Å². The molecule has 0 heterocycles. The minimum atomic E-state index is -4.50. The normalized spacial score (nSPS) is 14.8. The van der Waals surface area contributed by atoms with Crippen molar-refractivity contribution >= 4 is 29.8 Å². The summed E-state index contributed by atoms with van der Waals surface area (Å²) in [5.41, 5.74) is -0.896. The molecule has 0 saturated carbocycles. The number of halogens is 4. The molecule has 0 bridgehead atoms.